The lowest BCUT2D eigenvalue weighted by molar-refractivity contribution is -0.140. The number of piperidine rings is 1. The minimum absolute atomic E-state index is 0.0710. The molecule has 1 aromatic heterocycles. The fourth-order valence-electron chi connectivity index (χ4n) is 4.01. The summed E-state index contributed by atoms with van der Waals surface area (Å²) in [5.74, 6) is 1.20. The minimum atomic E-state index is 0.0710. The third-order valence-corrected chi connectivity index (χ3v) is 6.09. The summed E-state index contributed by atoms with van der Waals surface area (Å²) in [6, 6.07) is 3.64. The average molecular weight is 387 g/mol. The van der Waals surface area contributed by atoms with Crippen LogP contribution < -0.4 is 10.1 Å². The minimum Gasteiger partial charge on any atom is -0.474 e. The van der Waals surface area contributed by atoms with Gasteiger partial charge in [0.1, 0.15) is 6.10 Å². The summed E-state index contributed by atoms with van der Waals surface area (Å²) in [6.45, 7) is 2.85. The number of likely N-dealkylation sites (tertiary alicyclic amines) is 1. The Labute approximate surface area is 165 Å². The Morgan fingerprint density at radius 1 is 1.04 bits per heavy atom. The SMILES string of the molecule is O=C(Nc1ccc(OC2CCN(C(=O)C3CCOCC3)CC2)nc1)C1CCC1. The van der Waals surface area contributed by atoms with E-state index in [0.717, 1.165) is 58.0 Å². The van der Waals surface area contributed by atoms with Crippen LogP contribution in [0.15, 0.2) is 18.3 Å². The van der Waals surface area contributed by atoms with Crippen molar-refractivity contribution in [3.63, 3.8) is 0 Å². The number of rotatable bonds is 5. The molecule has 0 radical (unpaired) electrons. The van der Waals surface area contributed by atoms with Crippen molar-refractivity contribution in [2.75, 3.05) is 31.6 Å². The van der Waals surface area contributed by atoms with Gasteiger partial charge in [-0.15, -0.1) is 0 Å². The van der Waals surface area contributed by atoms with Crippen molar-refractivity contribution in [3.05, 3.63) is 18.3 Å². The molecule has 3 fully saturated rings. The van der Waals surface area contributed by atoms with Crippen LogP contribution in [0.1, 0.15) is 44.9 Å². The van der Waals surface area contributed by atoms with Crippen molar-refractivity contribution in [3.8, 4) is 5.88 Å². The Balaban J connectivity index is 1.22. The Bertz CT molecular complexity index is 675. The Kier molecular flexibility index (Phi) is 6.10. The molecule has 1 aliphatic carbocycles. The summed E-state index contributed by atoms with van der Waals surface area (Å²) in [6.07, 6.45) is 8.13. The Morgan fingerprint density at radius 2 is 1.79 bits per heavy atom. The second-order valence-electron chi connectivity index (χ2n) is 8.03. The molecule has 0 aromatic carbocycles. The number of amides is 2. The molecular formula is C21H29N3O4. The lowest BCUT2D eigenvalue weighted by atomic mass is 9.85. The zero-order valence-corrected chi connectivity index (χ0v) is 16.3. The third kappa shape index (κ3) is 4.63. The van der Waals surface area contributed by atoms with Crippen molar-refractivity contribution in [1.82, 2.24) is 9.88 Å². The van der Waals surface area contributed by atoms with Gasteiger partial charge >= 0.3 is 0 Å². The summed E-state index contributed by atoms with van der Waals surface area (Å²) in [4.78, 5) is 30.9. The molecule has 0 bridgehead atoms. The molecule has 4 rings (SSSR count). The highest BCUT2D eigenvalue weighted by Gasteiger charge is 2.30. The molecule has 2 amide bonds. The van der Waals surface area contributed by atoms with Crippen molar-refractivity contribution in [2.24, 2.45) is 11.8 Å². The summed E-state index contributed by atoms with van der Waals surface area (Å²) >= 11 is 0. The molecule has 0 unspecified atom stereocenters. The number of aromatic nitrogens is 1. The molecule has 2 saturated heterocycles. The van der Waals surface area contributed by atoms with E-state index >= 15 is 0 Å². The summed E-state index contributed by atoms with van der Waals surface area (Å²) in [5.41, 5.74) is 0.709. The van der Waals surface area contributed by atoms with Gasteiger partial charge in [-0.05, 0) is 31.7 Å². The largest absolute Gasteiger partial charge is 0.474 e. The van der Waals surface area contributed by atoms with E-state index in [2.05, 4.69) is 10.3 Å². The normalized spacial score (nSPS) is 21.8. The van der Waals surface area contributed by atoms with Crippen LogP contribution in [0.4, 0.5) is 5.69 Å². The van der Waals surface area contributed by atoms with E-state index in [1.807, 2.05) is 11.0 Å². The maximum atomic E-state index is 12.6. The number of pyridine rings is 1. The summed E-state index contributed by atoms with van der Waals surface area (Å²) in [5, 5.41) is 2.91. The summed E-state index contributed by atoms with van der Waals surface area (Å²) in [7, 11) is 0. The van der Waals surface area contributed by atoms with E-state index in [4.69, 9.17) is 9.47 Å². The third-order valence-electron chi connectivity index (χ3n) is 6.09. The fraction of sp³-hybridized carbons (Fsp3) is 0.667. The highest BCUT2D eigenvalue weighted by molar-refractivity contribution is 5.92. The Hall–Kier alpha value is -2.15. The van der Waals surface area contributed by atoms with Crippen LogP contribution in [0.3, 0.4) is 0 Å². The van der Waals surface area contributed by atoms with E-state index in [0.29, 0.717) is 24.8 Å². The molecule has 0 spiro atoms. The van der Waals surface area contributed by atoms with Crippen LogP contribution in [0.25, 0.3) is 0 Å². The topological polar surface area (TPSA) is 80.8 Å². The van der Waals surface area contributed by atoms with E-state index in [-0.39, 0.29) is 29.8 Å². The first-order valence-electron chi connectivity index (χ1n) is 10.5. The van der Waals surface area contributed by atoms with Gasteiger partial charge in [-0.1, -0.05) is 6.42 Å². The molecule has 2 aliphatic heterocycles. The maximum absolute atomic E-state index is 12.6. The van der Waals surface area contributed by atoms with Gasteiger partial charge in [-0.2, -0.15) is 0 Å². The molecule has 3 heterocycles. The van der Waals surface area contributed by atoms with Crippen LogP contribution in [-0.2, 0) is 14.3 Å². The van der Waals surface area contributed by atoms with Crippen LogP contribution >= 0.6 is 0 Å². The van der Waals surface area contributed by atoms with Crippen LogP contribution in [-0.4, -0.2) is 54.1 Å². The van der Waals surface area contributed by atoms with Crippen molar-refractivity contribution >= 4 is 17.5 Å². The molecule has 7 heteroatoms. The van der Waals surface area contributed by atoms with E-state index in [1.54, 1.807) is 12.3 Å². The van der Waals surface area contributed by atoms with Gasteiger partial charge in [0, 0.05) is 57.0 Å². The lowest BCUT2D eigenvalue weighted by Crippen LogP contribution is -2.45. The first-order chi connectivity index (χ1) is 13.7. The first-order valence-corrected chi connectivity index (χ1v) is 10.5. The average Bonchev–Trinajstić information content (AvgIpc) is 2.69. The highest BCUT2D eigenvalue weighted by atomic mass is 16.5. The second-order valence-corrected chi connectivity index (χ2v) is 8.03. The van der Waals surface area contributed by atoms with Gasteiger partial charge in [-0.25, -0.2) is 4.98 Å². The fourth-order valence-corrected chi connectivity index (χ4v) is 4.01. The molecule has 0 atom stereocenters. The number of anilines is 1. The number of nitrogens with one attached hydrogen (secondary N) is 1. The molecule has 1 saturated carbocycles. The van der Waals surface area contributed by atoms with Crippen LogP contribution in [0.5, 0.6) is 5.88 Å². The second kappa shape index (κ2) is 8.90. The molecule has 152 valence electrons. The number of carbonyl (C=O) groups excluding carboxylic acids is 2. The van der Waals surface area contributed by atoms with Gasteiger partial charge < -0.3 is 19.7 Å². The number of carbonyl (C=O) groups is 2. The van der Waals surface area contributed by atoms with Gasteiger partial charge in [0.05, 0.1) is 11.9 Å². The van der Waals surface area contributed by atoms with Crippen molar-refractivity contribution in [2.45, 2.75) is 51.0 Å². The standard InChI is InChI=1S/C21H29N3O4/c25-20(15-2-1-3-15)23-17-4-5-19(22-14-17)28-18-6-10-24(11-7-18)21(26)16-8-12-27-13-9-16/h4-5,14-16,18H,1-3,6-13H2,(H,23,25). The molecule has 1 aromatic rings. The molecular weight excluding hydrogens is 358 g/mol. The number of hydrogen-bond donors (Lipinski definition) is 1. The first kappa shape index (κ1) is 19.2. The lowest BCUT2D eigenvalue weighted by Gasteiger charge is -2.35. The molecule has 7 nitrogen and oxygen atoms in total. The zero-order valence-electron chi connectivity index (χ0n) is 16.3. The van der Waals surface area contributed by atoms with Crippen molar-refractivity contribution in [1.29, 1.82) is 0 Å². The molecule has 3 aliphatic rings. The van der Waals surface area contributed by atoms with Gasteiger partial charge in [-0.3, -0.25) is 9.59 Å². The van der Waals surface area contributed by atoms with Crippen LogP contribution in [0, 0.1) is 11.8 Å². The monoisotopic (exact) mass is 387 g/mol. The smallest absolute Gasteiger partial charge is 0.227 e. The van der Waals surface area contributed by atoms with Gasteiger partial charge in [0.25, 0.3) is 0 Å². The van der Waals surface area contributed by atoms with E-state index < -0.39 is 0 Å². The number of nitrogens with zero attached hydrogens (tertiary/aromatic N) is 2. The predicted octanol–water partition coefficient (Wildman–Crippen LogP) is 2.62. The number of hydrogen-bond acceptors (Lipinski definition) is 5. The molecule has 1 N–H and O–H groups in total. The van der Waals surface area contributed by atoms with E-state index in [1.165, 1.54) is 0 Å². The van der Waals surface area contributed by atoms with Gasteiger partial charge in [0.15, 0.2) is 0 Å². The quantitative estimate of drug-likeness (QED) is 0.840. The van der Waals surface area contributed by atoms with E-state index in [9.17, 15) is 9.59 Å². The summed E-state index contributed by atoms with van der Waals surface area (Å²) < 4.78 is 11.3. The van der Waals surface area contributed by atoms with Gasteiger partial charge in [0.2, 0.25) is 17.7 Å². The number of ether oxygens (including phenoxy) is 2. The molecule has 28 heavy (non-hydrogen) atoms. The van der Waals surface area contributed by atoms with Crippen molar-refractivity contribution < 1.29 is 19.1 Å². The van der Waals surface area contributed by atoms with Crippen LogP contribution in [0.2, 0.25) is 0 Å². The zero-order chi connectivity index (χ0) is 19.3. The highest BCUT2D eigenvalue weighted by Crippen LogP contribution is 2.28. The predicted molar refractivity (Wildman–Crippen MR) is 104 cm³/mol. The maximum Gasteiger partial charge on any atom is 0.227 e. The Morgan fingerprint density at radius 3 is 2.39 bits per heavy atom.